The summed E-state index contributed by atoms with van der Waals surface area (Å²) in [5.41, 5.74) is 0. The normalized spacial score (nSPS) is 16.0. The predicted molar refractivity (Wildman–Crippen MR) is 54.9 cm³/mol. The van der Waals surface area contributed by atoms with Crippen molar-refractivity contribution >= 4 is 33.5 Å². The van der Waals surface area contributed by atoms with E-state index in [0.717, 1.165) is 0 Å². The summed E-state index contributed by atoms with van der Waals surface area (Å²) >= 11 is 0. The van der Waals surface area contributed by atoms with Crippen LogP contribution in [-0.2, 0) is 17.8 Å². The highest BCUT2D eigenvalue weighted by molar-refractivity contribution is 7.56. The first kappa shape index (κ1) is 13.2. The average Bonchev–Trinajstić information content (AvgIpc) is 2.13. The van der Waals surface area contributed by atoms with Gasteiger partial charge in [-0.3, -0.25) is 0 Å². The lowest BCUT2D eigenvalue weighted by molar-refractivity contribution is 0.360. The van der Waals surface area contributed by atoms with E-state index >= 15 is 0 Å². The number of rotatable bonds is 6. The Labute approximate surface area is 84.6 Å². The van der Waals surface area contributed by atoms with Crippen LogP contribution in [-0.4, -0.2) is 46.9 Å². The van der Waals surface area contributed by atoms with Gasteiger partial charge in [-0.15, -0.1) is 0 Å². The zero-order valence-corrected chi connectivity index (χ0v) is 12.3. The van der Waals surface area contributed by atoms with Crippen LogP contribution in [0.1, 0.15) is 0 Å². The fourth-order valence-electron chi connectivity index (χ4n) is 0.725. The van der Waals surface area contributed by atoms with Crippen LogP contribution in [0.15, 0.2) is 0 Å². The molecule has 0 aliphatic carbocycles. The van der Waals surface area contributed by atoms with Crippen molar-refractivity contribution in [1.29, 1.82) is 0 Å². The van der Waals surface area contributed by atoms with Crippen molar-refractivity contribution in [2.24, 2.45) is 0 Å². The van der Waals surface area contributed by atoms with E-state index in [2.05, 4.69) is 0 Å². The Balaban J connectivity index is 4.60. The van der Waals surface area contributed by atoms with E-state index in [1.807, 2.05) is 19.6 Å². The van der Waals surface area contributed by atoms with Gasteiger partial charge < -0.3 is 17.8 Å². The van der Waals surface area contributed by atoms with Crippen LogP contribution in [0.4, 0.5) is 0 Å². The van der Waals surface area contributed by atoms with Crippen molar-refractivity contribution in [3.05, 3.63) is 0 Å². The smallest absolute Gasteiger partial charge is 0.524 e. The van der Waals surface area contributed by atoms with Crippen LogP contribution >= 0.6 is 0 Å². The van der Waals surface area contributed by atoms with E-state index in [1.54, 1.807) is 7.11 Å². The van der Waals surface area contributed by atoms with Gasteiger partial charge >= 0.3 is 18.6 Å². The van der Waals surface area contributed by atoms with E-state index in [4.69, 9.17) is 8.85 Å². The molecule has 74 valence electrons. The highest BCUT2D eigenvalue weighted by atomic mass is 29.6. The lowest BCUT2D eigenvalue weighted by Crippen LogP contribution is -2.64. The Morgan fingerprint density at radius 3 is 2.08 bits per heavy atom. The molecule has 8 heteroatoms. The Morgan fingerprint density at radius 1 is 1.23 bits per heavy atom. The second-order valence-corrected chi connectivity index (χ2v) is 22.9. The van der Waals surface area contributed by atoms with Gasteiger partial charge in [-0.1, -0.05) is 6.55 Å². The molecular weight excluding hydrogens is 236 g/mol. The van der Waals surface area contributed by atoms with Gasteiger partial charge in [0.25, 0.3) is 0 Å². The Bertz CT molecular complexity index is 197. The Hall–Kier alpha value is 0.228. The first-order valence-corrected chi connectivity index (χ1v) is 13.2. The molecule has 0 saturated heterocycles. The highest BCUT2D eigenvalue weighted by Crippen LogP contribution is 2.17. The van der Waals surface area contributed by atoms with Crippen LogP contribution in [0.5, 0.6) is 0 Å². The van der Waals surface area contributed by atoms with Crippen LogP contribution < -0.4 is 0 Å². The van der Waals surface area contributed by atoms with Crippen molar-refractivity contribution in [1.82, 2.24) is 0 Å². The fraction of sp³-hybridized carbons (Fsp3) is 1.00. The highest BCUT2D eigenvalue weighted by Gasteiger charge is 2.48. The van der Waals surface area contributed by atoms with E-state index in [9.17, 15) is 8.92 Å². The summed E-state index contributed by atoms with van der Waals surface area (Å²) in [5, 5.41) is 0. The summed E-state index contributed by atoms with van der Waals surface area (Å²) in [6.07, 6.45) is 0.365. The molecule has 0 heterocycles. The molecule has 13 heavy (non-hydrogen) atoms. The SMILES string of the molecule is CO[Si](C)(C)[Si](C)(CO[Si]=O)[Si]=O. The van der Waals surface area contributed by atoms with E-state index in [1.165, 1.54) is 0 Å². The van der Waals surface area contributed by atoms with Gasteiger partial charge in [0, 0.05) is 7.11 Å². The molecule has 0 fully saturated rings. The molecule has 0 aromatic carbocycles. The number of hydrogen-bond donors (Lipinski definition) is 0. The largest absolute Gasteiger partial charge is 0.593 e. The molecular formula is C5H14O4Si4. The molecule has 0 spiro atoms. The molecule has 0 aromatic heterocycles. The molecule has 0 rings (SSSR count). The monoisotopic (exact) mass is 250 g/mol. The summed E-state index contributed by atoms with van der Waals surface area (Å²) in [7, 11) is -3.37. The van der Waals surface area contributed by atoms with Crippen LogP contribution in [0.3, 0.4) is 0 Å². The maximum Gasteiger partial charge on any atom is 0.593 e. The first-order chi connectivity index (χ1) is 5.93. The van der Waals surface area contributed by atoms with Crippen molar-refractivity contribution in [3.8, 4) is 0 Å². The number of hydrogen-bond acceptors (Lipinski definition) is 4. The summed E-state index contributed by atoms with van der Waals surface area (Å²) < 4.78 is 31.6. The third kappa shape index (κ3) is 3.13. The molecule has 0 N–H and O–H groups in total. The van der Waals surface area contributed by atoms with Gasteiger partial charge in [-0.05, 0) is 13.1 Å². The Morgan fingerprint density at radius 2 is 1.77 bits per heavy atom. The lowest BCUT2D eigenvalue weighted by atomic mass is 11.7. The van der Waals surface area contributed by atoms with Crippen molar-refractivity contribution in [2.45, 2.75) is 19.6 Å². The minimum atomic E-state index is -2.00. The molecule has 4 nitrogen and oxygen atoms in total. The minimum absolute atomic E-state index is 0.364. The molecule has 0 amide bonds. The van der Waals surface area contributed by atoms with Gasteiger partial charge in [0.15, 0.2) is 14.9 Å². The van der Waals surface area contributed by atoms with Gasteiger partial charge in [0.05, 0.1) is 6.23 Å². The van der Waals surface area contributed by atoms with E-state index < -0.39 is 24.6 Å². The summed E-state index contributed by atoms with van der Waals surface area (Å²) in [6.45, 7) is 6.04. The maximum absolute atomic E-state index is 11.1. The van der Waals surface area contributed by atoms with Crippen LogP contribution in [0.2, 0.25) is 19.6 Å². The van der Waals surface area contributed by atoms with E-state index in [0.29, 0.717) is 6.23 Å². The topological polar surface area (TPSA) is 52.6 Å². The molecule has 2 radical (unpaired) electrons. The fourth-order valence-corrected chi connectivity index (χ4v) is 11.0. The third-order valence-corrected chi connectivity index (χ3v) is 25.0. The molecule has 0 saturated carbocycles. The second-order valence-electron chi connectivity index (χ2n) is 3.52. The van der Waals surface area contributed by atoms with Crippen LogP contribution in [0.25, 0.3) is 0 Å². The van der Waals surface area contributed by atoms with Crippen molar-refractivity contribution in [2.75, 3.05) is 13.3 Å². The summed E-state index contributed by atoms with van der Waals surface area (Å²) in [4.78, 5) is 0. The maximum atomic E-state index is 11.1. The molecule has 0 aliphatic rings. The molecule has 1 atom stereocenters. The van der Waals surface area contributed by atoms with Crippen LogP contribution in [0, 0.1) is 0 Å². The van der Waals surface area contributed by atoms with Gasteiger partial charge in [-0.25, -0.2) is 0 Å². The third-order valence-electron chi connectivity index (χ3n) is 2.48. The minimum Gasteiger partial charge on any atom is -0.524 e. The lowest BCUT2D eigenvalue weighted by Gasteiger charge is -2.32. The summed E-state index contributed by atoms with van der Waals surface area (Å²) in [5.74, 6) is 0. The van der Waals surface area contributed by atoms with Gasteiger partial charge in [0.2, 0.25) is 0 Å². The predicted octanol–water partition coefficient (Wildman–Crippen LogP) is 0.0618. The molecule has 1 unspecified atom stereocenters. The quantitative estimate of drug-likeness (QED) is 0.626. The van der Waals surface area contributed by atoms with Gasteiger partial charge in [-0.2, -0.15) is 0 Å². The van der Waals surface area contributed by atoms with Crippen molar-refractivity contribution < 1.29 is 17.8 Å². The standard InChI is InChI=1S/C5H14O4Si4/c1-8-12(2,3)13(4,11-7)5-9-10-6/h5H2,1-4H3. The van der Waals surface area contributed by atoms with E-state index in [-0.39, 0.29) is 8.92 Å². The van der Waals surface area contributed by atoms with Crippen molar-refractivity contribution in [3.63, 3.8) is 0 Å². The first-order valence-electron chi connectivity index (χ1n) is 3.87. The molecule has 0 aliphatic heterocycles. The molecule has 0 bridgehead atoms. The zero-order valence-electron chi connectivity index (χ0n) is 8.34. The average molecular weight is 251 g/mol. The van der Waals surface area contributed by atoms with Gasteiger partial charge in [0.1, 0.15) is 0 Å². The molecule has 0 aromatic rings. The second kappa shape index (κ2) is 5.19. The Kier molecular flexibility index (Phi) is 5.28. The zero-order chi connectivity index (χ0) is 10.5. The summed E-state index contributed by atoms with van der Waals surface area (Å²) in [6, 6.07) is 0.